The Balaban J connectivity index is 1.57. The summed E-state index contributed by atoms with van der Waals surface area (Å²) in [5.74, 6) is 0.786. The second-order valence-electron chi connectivity index (χ2n) is 5.55. The molecule has 0 bridgehead atoms. The molecule has 3 rings (SSSR count). The number of ether oxygens (including phenoxy) is 1. The highest BCUT2D eigenvalue weighted by Gasteiger charge is 2.14. The highest BCUT2D eigenvalue weighted by atomic mass is 35.5. The fraction of sp³-hybridized carbons (Fsp3) is 0.0526. The number of carbonyl (C=O) groups is 1. The molecule has 0 spiro atoms. The molecule has 1 heterocycles. The summed E-state index contributed by atoms with van der Waals surface area (Å²) in [5, 5.41) is 4.09. The maximum Gasteiger partial charge on any atom is 0.305 e. The Morgan fingerprint density at radius 1 is 1.04 bits per heavy atom. The minimum Gasteiger partial charge on any atom is -0.497 e. The van der Waals surface area contributed by atoms with Gasteiger partial charge >= 0.3 is 5.91 Å². The molecule has 0 aliphatic carbocycles. The maximum absolute atomic E-state index is 12.2. The van der Waals surface area contributed by atoms with Crippen molar-refractivity contribution in [3.05, 3.63) is 70.4 Å². The van der Waals surface area contributed by atoms with E-state index in [9.17, 15) is 4.79 Å². The molecule has 0 saturated heterocycles. The van der Waals surface area contributed by atoms with Gasteiger partial charge < -0.3 is 14.5 Å². The predicted molar refractivity (Wildman–Crippen MR) is 114 cm³/mol. The molecule has 0 unspecified atom stereocenters. The van der Waals surface area contributed by atoms with Gasteiger partial charge in [0.1, 0.15) is 11.5 Å². The van der Waals surface area contributed by atoms with Crippen molar-refractivity contribution in [2.75, 3.05) is 12.4 Å². The molecule has 6 nitrogen and oxygen atoms in total. The van der Waals surface area contributed by atoms with E-state index in [1.54, 1.807) is 55.6 Å². The molecule has 0 fully saturated rings. The second kappa shape index (κ2) is 8.97. The number of anilines is 1. The van der Waals surface area contributed by atoms with Gasteiger partial charge in [-0.15, -0.1) is 0 Å². The molecule has 2 aromatic carbocycles. The first kappa shape index (κ1) is 20.0. The van der Waals surface area contributed by atoms with Crippen LogP contribution in [0.3, 0.4) is 0 Å². The number of methoxy groups -OCH3 is 1. The van der Waals surface area contributed by atoms with Crippen LogP contribution in [0.15, 0.2) is 59.0 Å². The number of thiocarbonyl (C=S) groups is 1. The molecule has 1 aromatic heterocycles. The summed E-state index contributed by atoms with van der Waals surface area (Å²) in [6.07, 6.45) is 0. The predicted octanol–water partition coefficient (Wildman–Crippen LogP) is 4.89. The largest absolute Gasteiger partial charge is 0.497 e. The SMILES string of the molecule is COc1ccc(NC(=S)NNC(=O)c2ccc(-c3ccc(Cl)cc3Cl)o2)cc1. The van der Waals surface area contributed by atoms with Gasteiger partial charge in [-0.1, -0.05) is 23.2 Å². The van der Waals surface area contributed by atoms with Gasteiger partial charge in [0.25, 0.3) is 0 Å². The van der Waals surface area contributed by atoms with Crippen LogP contribution in [0.2, 0.25) is 10.0 Å². The van der Waals surface area contributed by atoms with Crippen LogP contribution in [0, 0.1) is 0 Å². The molecule has 144 valence electrons. The quantitative estimate of drug-likeness (QED) is 0.399. The van der Waals surface area contributed by atoms with Gasteiger partial charge in [-0.2, -0.15) is 0 Å². The van der Waals surface area contributed by atoms with Gasteiger partial charge in [0.15, 0.2) is 10.9 Å². The number of hydrazine groups is 1. The molecular weight excluding hydrogens is 421 g/mol. The Labute approximate surface area is 176 Å². The Bertz CT molecular complexity index is 1010. The fourth-order valence-corrected chi connectivity index (χ4v) is 2.98. The van der Waals surface area contributed by atoms with E-state index in [0.717, 1.165) is 11.4 Å². The van der Waals surface area contributed by atoms with Gasteiger partial charge in [0.05, 0.1) is 12.1 Å². The fourth-order valence-electron chi connectivity index (χ4n) is 2.31. The van der Waals surface area contributed by atoms with E-state index < -0.39 is 5.91 Å². The van der Waals surface area contributed by atoms with Gasteiger partial charge in [-0.3, -0.25) is 15.6 Å². The van der Waals surface area contributed by atoms with Crippen LogP contribution in [-0.4, -0.2) is 18.1 Å². The van der Waals surface area contributed by atoms with Crippen molar-refractivity contribution in [3.63, 3.8) is 0 Å². The lowest BCUT2D eigenvalue weighted by atomic mass is 10.2. The van der Waals surface area contributed by atoms with Gasteiger partial charge in [0.2, 0.25) is 0 Å². The Morgan fingerprint density at radius 2 is 1.79 bits per heavy atom. The van der Waals surface area contributed by atoms with Crippen molar-refractivity contribution < 1.29 is 13.9 Å². The first-order valence-corrected chi connectivity index (χ1v) is 9.19. The monoisotopic (exact) mass is 435 g/mol. The van der Waals surface area contributed by atoms with E-state index in [4.69, 9.17) is 44.6 Å². The Kier molecular flexibility index (Phi) is 6.41. The average molecular weight is 436 g/mol. The summed E-state index contributed by atoms with van der Waals surface area (Å²) >= 11 is 17.2. The molecule has 9 heteroatoms. The lowest BCUT2D eigenvalue weighted by Crippen LogP contribution is -2.43. The van der Waals surface area contributed by atoms with Crippen LogP contribution in [0.25, 0.3) is 11.3 Å². The third-order valence-corrected chi connectivity index (χ3v) is 4.42. The smallest absolute Gasteiger partial charge is 0.305 e. The number of carbonyl (C=O) groups excluding carboxylic acids is 1. The Morgan fingerprint density at radius 3 is 2.46 bits per heavy atom. The van der Waals surface area contributed by atoms with Gasteiger partial charge in [-0.25, -0.2) is 0 Å². The average Bonchev–Trinajstić information content (AvgIpc) is 3.16. The van der Waals surface area contributed by atoms with Crippen LogP contribution in [0.5, 0.6) is 5.75 Å². The maximum atomic E-state index is 12.2. The first-order chi connectivity index (χ1) is 13.5. The summed E-state index contributed by atoms with van der Waals surface area (Å²) in [7, 11) is 1.59. The van der Waals surface area contributed by atoms with Crippen molar-refractivity contribution in [2.45, 2.75) is 0 Å². The van der Waals surface area contributed by atoms with E-state index in [-0.39, 0.29) is 10.9 Å². The summed E-state index contributed by atoms with van der Waals surface area (Å²) in [6.45, 7) is 0. The highest BCUT2D eigenvalue weighted by Crippen LogP contribution is 2.31. The van der Waals surface area contributed by atoms with E-state index in [1.165, 1.54) is 6.07 Å². The number of nitrogens with one attached hydrogen (secondary N) is 3. The van der Waals surface area contributed by atoms with Crippen LogP contribution in [-0.2, 0) is 0 Å². The molecule has 0 atom stereocenters. The molecule has 3 N–H and O–H groups in total. The zero-order valence-corrected chi connectivity index (χ0v) is 16.9. The molecule has 28 heavy (non-hydrogen) atoms. The van der Waals surface area contributed by atoms with Gasteiger partial charge in [-0.05, 0) is 66.8 Å². The molecular formula is C19H15Cl2N3O3S. The summed E-state index contributed by atoms with van der Waals surface area (Å²) in [5.41, 5.74) is 6.45. The van der Waals surface area contributed by atoms with E-state index in [0.29, 0.717) is 21.4 Å². The van der Waals surface area contributed by atoms with Crippen LogP contribution in [0.4, 0.5) is 5.69 Å². The zero-order chi connectivity index (χ0) is 20.1. The number of amides is 1. The lowest BCUT2D eigenvalue weighted by molar-refractivity contribution is 0.0917. The third-order valence-electron chi connectivity index (χ3n) is 3.66. The van der Waals surface area contributed by atoms with Crippen molar-refractivity contribution in [1.29, 1.82) is 0 Å². The summed E-state index contributed by atoms with van der Waals surface area (Å²) in [6, 6.07) is 15.4. The minimum atomic E-state index is -0.491. The molecule has 0 saturated carbocycles. The molecule has 1 amide bonds. The number of benzene rings is 2. The summed E-state index contributed by atoms with van der Waals surface area (Å²) in [4.78, 5) is 12.2. The van der Waals surface area contributed by atoms with Crippen molar-refractivity contribution in [2.24, 2.45) is 0 Å². The number of hydrogen-bond donors (Lipinski definition) is 3. The Hall–Kier alpha value is -2.74. The number of furan rings is 1. The first-order valence-electron chi connectivity index (χ1n) is 8.03. The van der Waals surface area contributed by atoms with Crippen LogP contribution in [0.1, 0.15) is 10.6 Å². The standard InChI is InChI=1S/C19H15Cl2N3O3S/c1-26-13-5-3-12(4-6-13)22-19(28)24-23-18(25)17-9-8-16(27-17)14-7-2-11(20)10-15(14)21/h2-10H,1H3,(H,23,25)(H2,22,24,28). The van der Waals surface area contributed by atoms with Crippen LogP contribution >= 0.6 is 35.4 Å². The second-order valence-corrected chi connectivity index (χ2v) is 6.80. The van der Waals surface area contributed by atoms with Gasteiger partial charge in [0, 0.05) is 16.3 Å². The summed E-state index contributed by atoms with van der Waals surface area (Å²) < 4.78 is 10.7. The molecule has 3 aromatic rings. The minimum absolute atomic E-state index is 0.0979. The van der Waals surface area contributed by atoms with E-state index in [2.05, 4.69) is 16.2 Å². The topological polar surface area (TPSA) is 75.5 Å². The van der Waals surface area contributed by atoms with E-state index >= 15 is 0 Å². The normalized spacial score (nSPS) is 10.2. The number of hydrogen-bond acceptors (Lipinski definition) is 4. The van der Waals surface area contributed by atoms with Crippen molar-refractivity contribution >= 4 is 52.1 Å². The third kappa shape index (κ3) is 4.95. The molecule has 0 aliphatic rings. The van der Waals surface area contributed by atoms with Crippen LogP contribution < -0.4 is 20.9 Å². The zero-order valence-electron chi connectivity index (χ0n) is 14.6. The van der Waals surface area contributed by atoms with E-state index in [1.807, 2.05) is 0 Å². The lowest BCUT2D eigenvalue weighted by Gasteiger charge is -2.11. The van der Waals surface area contributed by atoms with Crippen molar-refractivity contribution in [3.8, 4) is 17.1 Å². The molecule has 0 radical (unpaired) electrons. The molecule has 0 aliphatic heterocycles. The van der Waals surface area contributed by atoms with Crippen molar-refractivity contribution in [1.82, 2.24) is 10.9 Å². The number of rotatable bonds is 4. The number of halogens is 2. The highest BCUT2D eigenvalue weighted by molar-refractivity contribution is 7.80.